The van der Waals surface area contributed by atoms with Gasteiger partial charge in [0.2, 0.25) is 0 Å². The number of carbonyl (C=O) groups is 2. The van der Waals surface area contributed by atoms with Gasteiger partial charge in [0.15, 0.2) is 0 Å². The summed E-state index contributed by atoms with van der Waals surface area (Å²) >= 11 is 0. The second kappa shape index (κ2) is 4.69. The first-order valence-corrected chi connectivity index (χ1v) is 5.65. The van der Waals surface area contributed by atoms with E-state index in [4.69, 9.17) is 5.11 Å². The molecule has 2 amide bonds. The molecule has 0 radical (unpaired) electrons. The number of nitrogens with one attached hydrogen (secondary N) is 1. The minimum absolute atomic E-state index is 0.00234. The molecular formula is C10H17N3O3. The minimum atomic E-state index is -0.809. The Balaban J connectivity index is 1.71. The summed E-state index contributed by atoms with van der Waals surface area (Å²) in [4.78, 5) is 25.8. The van der Waals surface area contributed by atoms with E-state index in [0.717, 1.165) is 12.8 Å². The van der Waals surface area contributed by atoms with E-state index in [1.807, 2.05) is 4.90 Å². The van der Waals surface area contributed by atoms with Gasteiger partial charge in [-0.05, 0) is 12.8 Å². The lowest BCUT2D eigenvalue weighted by Gasteiger charge is -2.33. The maximum absolute atomic E-state index is 11.7. The Hall–Kier alpha value is -1.30. The number of rotatable bonds is 3. The highest BCUT2D eigenvalue weighted by atomic mass is 16.4. The molecule has 1 aliphatic heterocycles. The molecule has 0 aromatic rings. The van der Waals surface area contributed by atoms with Gasteiger partial charge in [0.1, 0.15) is 0 Å². The number of carboxylic acid groups (broad SMARTS) is 1. The van der Waals surface area contributed by atoms with E-state index in [1.54, 1.807) is 4.90 Å². The van der Waals surface area contributed by atoms with E-state index >= 15 is 0 Å². The summed E-state index contributed by atoms with van der Waals surface area (Å²) < 4.78 is 0. The Kier molecular flexibility index (Phi) is 3.28. The molecule has 6 heteroatoms. The van der Waals surface area contributed by atoms with Crippen molar-refractivity contribution in [2.24, 2.45) is 0 Å². The van der Waals surface area contributed by atoms with Crippen LogP contribution in [0.3, 0.4) is 0 Å². The number of hydrogen-bond acceptors (Lipinski definition) is 3. The molecule has 1 heterocycles. The van der Waals surface area contributed by atoms with Crippen LogP contribution >= 0.6 is 0 Å². The monoisotopic (exact) mass is 227 g/mol. The summed E-state index contributed by atoms with van der Waals surface area (Å²) in [5.41, 5.74) is 0. The fourth-order valence-corrected chi connectivity index (χ4v) is 1.79. The van der Waals surface area contributed by atoms with Gasteiger partial charge < -0.3 is 15.3 Å². The maximum atomic E-state index is 11.7. The van der Waals surface area contributed by atoms with Crippen LogP contribution in [0, 0.1) is 0 Å². The van der Waals surface area contributed by atoms with Gasteiger partial charge in [-0.2, -0.15) is 0 Å². The van der Waals surface area contributed by atoms with Gasteiger partial charge in [-0.25, -0.2) is 4.79 Å². The van der Waals surface area contributed by atoms with Crippen LogP contribution in [0.15, 0.2) is 0 Å². The van der Waals surface area contributed by atoms with Gasteiger partial charge >= 0.3 is 12.0 Å². The normalized spacial score (nSPS) is 21.9. The molecule has 2 N–H and O–H groups in total. The molecule has 0 aromatic heterocycles. The van der Waals surface area contributed by atoms with E-state index in [-0.39, 0.29) is 12.6 Å². The molecule has 0 aromatic carbocycles. The zero-order valence-corrected chi connectivity index (χ0v) is 9.19. The van der Waals surface area contributed by atoms with E-state index in [1.165, 1.54) is 0 Å². The predicted molar refractivity (Wildman–Crippen MR) is 57.2 cm³/mol. The van der Waals surface area contributed by atoms with Crippen LogP contribution in [0.5, 0.6) is 0 Å². The van der Waals surface area contributed by atoms with Gasteiger partial charge in [-0.3, -0.25) is 9.69 Å². The highest BCUT2D eigenvalue weighted by molar-refractivity contribution is 5.75. The van der Waals surface area contributed by atoms with Crippen LogP contribution in [0.1, 0.15) is 12.8 Å². The Morgan fingerprint density at radius 2 is 1.81 bits per heavy atom. The van der Waals surface area contributed by atoms with Crippen molar-refractivity contribution in [3.8, 4) is 0 Å². The zero-order chi connectivity index (χ0) is 11.5. The first-order chi connectivity index (χ1) is 7.65. The molecule has 90 valence electrons. The Morgan fingerprint density at radius 3 is 2.31 bits per heavy atom. The van der Waals surface area contributed by atoms with Crippen molar-refractivity contribution in [1.29, 1.82) is 0 Å². The zero-order valence-electron chi connectivity index (χ0n) is 9.19. The molecule has 6 nitrogen and oxygen atoms in total. The van der Waals surface area contributed by atoms with Gasteiger partial charge in [0.25, 0.3) is 0 Å². The number of hydrogen-bond donors (Lipinski definition) is 2. The van der Waals surface area contributed by atoms with Crippen LogP contribution in [-0.4, -0.2) is 65.7 Å². The first kappa shape index (κ1) is 11.2. The standard InChI is InChI=1S/C10H17N3O3/c14-9(15)7-12-3-5-13(6-4-12)10(16)11-8-1-2-8/h8H,1-7H2,(H,11,16)(H,14,15). The summed E-state index contributed by atoms with van der Waals surface area (Å²) in [7, 11) is 0. The van der Waals surface area contributed by atoms with Crippen molar-refractivity contribution in [2.45, 2.75) is 18.9 Å². The topological polar surface area (TPSA) is 72.9 Å². The molecule has 0 bridgehead atoms. The van der Waals surface area contributed by atoms with Crippen molar-refractivity contribution in [3.63, 3.8) is 0 Å². The number of amides is 2. The van der Waals surface area contributed by atoms with Crippen LogP contribution in [0.4, 0.5) is 4.79 Å². The van der Waals surface area contributed by atoms with Gasteiger partial charge in [0.05, 0.1) is 6.54 Å². The molecule has 0 atom stereocenters. The van der Waals surface area contributed by atoms with Gasteiger partial charge in [-0.1, -0.05) is 0 Å². The molecular weight excluding hydrogens is 210 g/mol. The number of urea groups is 1. The predicted octanol–water partition coefficient (Wildman–Crippen LogP) is -0.439. The highest BCUT2D eigenvalue weighted by Gasteiger charge is 2.27. The third-order valence-electron chi connectivity index (χ3n) is 2.92. The summed E-state index contributed by atoms with van der Waals surface area (Å²) in [6.07, 6.45) is 2.18. The average Bonchev–Trinajstić information content (AvgIpc) is 3.01. The van der Waals surface area contributed by atoms with E-state index in [0.29, 0.717) is 32.2 Å². The molecule has 2 rings (SSSR count). The van der Waals surface area contributed by atoms with E-state index in [2.05, 4.69) is 5.32 Å². The smallest absolute Gasteiger partial charge is 0.317 e. The van der Waals surface area contributed by atoms with Crippen molar-refractivity contribution in [2.75, 3.05) is 32.7 Å². The number of aliphatic carboxylic acids is 1. The first-order valence-electron chi connectivity index (χ1n) is 5.65. The van der Waals surface area contributed by atoms with Crippen molar-refractivity contribution in [1.82, 2.24) is 15.1 Å². The molecule has 1 aliphatic carbocycles. The lowest BCUT2D eigenvalue weighted by molar-refractivity contribution is -0.138. The molecule has 0 spiro atoms. The molecule has 2 aliphatic rings. The molecule has 1 saturated carbocycles. The number of carbonyl (C=O) groups excluding carboxylic acids is 1. The minimum Gasteiger partial charge on any atom is -0.480 e. The van der Waals surface area contributed by atoms with Gasteiger partial charge in [-0.15, -0.1) is 0 Å². The third-order valence-corrected chi connectivity index (χ3v) is 2.92. The van der Waals surface area contributed by atoms with E-state index in [9.17, 15) is 9.59 Å². The quantitative estimate of drug-likeness (QED) is 0.685. The fraction of sp³-hybridized carbons (Fsp3) is 0.800. The molecule has 1 saturated heterocycles. The molecule has 16 heavy (non-hydrogen) atoms. The van der Waals surface area contributed by atoms with Crippen LogP contribution in [-0.2, 0) is 4.79 Å². The van der Waals surface area contributed by atoms with Gasteiger partial charge in [0, 0.05) is 32.2 Å². The number of nitrogens with zero attached hydrogens (tertiary/aromatic N) is 2. The Morgan fingerprint density at radius 1 is 1.19 bits per heavy atom. The SMILES string of the molecule is O=C(O)CN1CCN(C(=O)NC2CC2)CC1. The summed E-state index contributed by atoms with van der Waals surface area (Å²) in [5.74, 6) is -0.809. The molecule has 0 unspecified atom stereocenters. The third kappa shape index (κ3) is 3.10. The summed E-state index contributed by atoms with van der Waals surface area (Å²) in [6, 6.07) is 0.377. The Labute approximate surface area is 94.2 Å². The lowest BCUT2D eigenvalue weighted by atomic mass is 10.3. The fourth-order valence-electron chi connectivity index (χ4n) is 1.79. The summed E-state index contributed by atoms with van der Waals surface area (Å²) in [5, 5.41) is 11.6. The summed E-state index contributed by atoms with van der Waals surface area (Å²) in [6.45, 7) is 2.59. The van der Waals surface area contributed by atoms with E-state index < -0.39 is 5.97 Å². The second-order valence-corrected chi connectivity index (χ2v) is 4.38. The van der Waals surface area contributed by atoms with Crippen molar-refractivity contribution >= 4 is 12.0 Å². The van der Waals surface area contributed by atoms with Crippen molar-refractivity contribution < 1.29 is 14.7 Å². The second-order valence-electron chi connectivity index (χ2n) is 4.38. The Bertz CT molecular complexity index is 283. The van der Waals surface area contributed by atoms with Crippen LogP contribution in [0.2, 0.25) is 0 Å². The maximum Gasteiger partial charge on any atom is 0.317 e. The number of piperazine rings is 1. The van der Waals surface area contributed by atoms with Crippen LogP contribution in [0.25, 0.3) is 0 Å². The highest BCUT2D eigenvalue weighted by Crippen LogP contribution is 2.19. The number of carboxylic acids is 1. The van der Waals surface area contributed by atoms with Crippen LogP contribution < -0.4 is 5.32 Å². The molecule has 2 fully saturated rings. The average molecular weight is 227 g/mol. The van der Waals surface area contributed by atoms with Crippen molar-refractivity contribution in [3.05, 3.63) is 0 Å². The lowest BCUT2D eigenvalue weighted by Crippen LogP contribution is -2.52. The largest absolute Gasteiger partial charge is 0.480 e.